The molecule has 0 radical (unpaired) electrons. The van der Waals surface area contributed by atoms with Gasteiger partial charge in [-0.15, -0.1) is 12.4 Å². The van der Waals surface area contributed by atoms with Crippen molar-refractivity contribution >= 4 is 18.3 Å². The van der Waals surface area contributed by atoms with E-state index in [0.29, 0.717) is 19.1 Å². The zero-order valence-corrected chi connectivity index (χ0v) is 11.0. The molecule has 0 aromatic heterocycles. The van der Waals surface area contributed by atoms with Crippen LogP contribution in [0.2, 0.25) is 0 Å². The number of hydrogen-bond acceptors (Lipinski definition) is 3. The molecule has 4 nitrogen and oxygen atoms in total. The molecule has 0 spiro atoms. The second-order valence-electron chi connectivity index (χ2n) is 3.87. The number of carbonyl (C=O) groups is 1. The summed E-state index contributed by atoms with van der Waals surface area (Å²) in [5, 5.41) is 3.13. The predicted molar refractivity (Wildman–Crippen MR) is 67.0 cm³/mol. The lowest BCUT2D eigenvalue weighted by molar-refractivity contribution is -0.132. The van der Waals surface area contributed by atoms with Crippen molar-refractivity contribution in [2.45, 2.75) is 32.8 Å². The molecule has 1 amide bonds. The molecule has 0 atom stereocenters. The largest absolute Gasteiger partial charge is 0.375 e. The van der Waals surface area contributed by atoms with Crippen molar-refractivity contribution in [2.75, 3.05) is 32.8 Å². The summed E-state index contributed by atoms with van der Waals surface area (Å²) in [5.74, 6) is 0.214. The van der Waals surface area contributed by atoms with Gasteiger partial charge in [0.25, 0.3) is 0 Å². The van der Waals surface area contributed by atoms with Crippen LogP contribution in [-0.2, 0) is 9.53 Å². The molecular weight excluding hydrogens is 228 g/mol. The van der Waals surface area contributed by atoms with E-state index < -0.39 is 0 Å². The van der Waals surface area contributed by atoms with Crippen LogP contribution in [0.4, 0.5) is 0 Å². The minimum atomic E-state index is 0. The summed E-state index contributed by atoms with van der Waals surface area (Å²) in [7, 11) is 0. The first kappa shape index (κ1) is 15.7. The fraction of sp³-hybridized carbons (Fsp3) is 0.909. The van der Waals surface area contributed by atoms with E-state index in [-0.39, 0.29) is 18.3 Å². The van der Waals surface area contributed by atoms with Crippen LogP contribution in [0.5, 0.6) is 0 Å². The van der Waals surface area contributed by atoms with Gasteiger partial charge >= 0.3 is 0 Å². The summed E-state index contributed by atoms with van der Waals surface area (Å²) in [5.41, 5.74) is 0. The Morgan fingerprint density at radius 3 is 2.56 bits per heavy atom. The van der Waals surface area contributed by atoms with Gasteiger partial charge in [0.2, 0.25) is 5.91 Å². The van der Waals surface area contributed by atoms with Gasteiger partial charge in [-0.2, -0.15) is 0 Å². The van der Waals surface area contributed by atoms with Crippen molar-refractivity contribution in [3.8, 4) is 0 Å². The van der Waals surface area contributed by atoms with E-state index in [2.05, 4.69) is 12.2 Å². The van der Waals surface area contributed by atoms with Crippen molar-refractivity contribution in [1.82, 2.24) is 10.2 Å². The van der Waals surface area contributed by atoms with Crippen molar-refractivity contribution in [1.29, 1.82) is 0 Å². The number of nitrogens with one attached hydrogen (secondary N) is 1. The molecule has 1 fully saturated rings. The Morgan fingerprint density at radius 2 is 2.12 bits per heavy atom. The Hall–Kier alpha value is -0.320. The maximum Gasteiger partial charge on any atom is 0.224 e. The molecule has 1 aliphatic heterocycles. The first-order valence-electron chi connectivity index (χ1n) is 5.88. The monoisotopic (exact) mass is 250 g/mol. The van der Waals surface area contributed by atoms with Gasteiger partial charge in [-0.3, -0.25) is 4.79 Å². The number of ether oxygens (including phenoxy) is 1. The van der Waals surface area contributed by atoms with Crippen LogP contribution in [0.25, 0.3) is 0 Å². The van der Waals surface area contributed by atoms with Gasteiger partial charge < -0.3 is 15.0 Å². The van der Waals surface area contributed by atoms with Gasteiger partial charge in [-0.05, 0) is 13.3 Å². The minimum Gasteiger partial charge on any atom is -0.375 e. The molecular formula is C11H23ClN2O2. The van der Waals surface area contributed by atoms with Gasteiger partial charge in [0.15, 0.2) is 0 Å². The second kappa shape index (κ2) is 8.79. The lowest BCUT2D eigenvalue weighted by Crippen LogP contribution is -2.48. The molecule has 0 aromatic rings. The number of amides is 1. The highest BCUT2D eigenvalue weighted by atomic mass is 35.5. The molecule has 0 unspecified atom stereocenters. The molecule has 5 heteroatoms. The van der Waals surface area contributed by atoms with Crippen LogP contribution in [0.15, 0.2) is 0 Å². The van der Waals surface area contributed by atoms with Gasteiger partial charge in [-0.25, -0.2) is 0 Å². The van der Waals surface area contributed by atoms with Gasteiger partial charge in [0.1, 0.15) is 0 Å². The summed E-state index contributed by atoms with van der Waals surface area (Å²) in [6.07, 6.45) is 1.87. The van der Waals surface area contributed by atoms with Crippen molar-refractivity contribution in [3.05, 3.63) is 0 Å². The third-order valence-electron chi connectivity index (χ3n) is 2.64. The van der Waals surface area contributed by atoms with E-state index in [1.807, 2.05) is 11.8 Å². The lowest BCUT2D eigenvalue weighted by atomic mass is 10.2. The molecule has 1 heterocycles. The van der Waals surface area contributed by atoms with E-state index >= 15 is 0 Å². The highest BCUT2D eigenvalue weighted by molar-refractivity contribution is 5.85. The third kappa shape index (κ3) is 5.14. The maximum absolute atomic E-state index is 11.7. The molecule has 16 heavy (non-hydrogen) atoms. The zero-order valence-electron chi connectivity index (χ0n) is 10.2. The summed E-state index contributed by atoms with van der Waals surface area (Å²) < 4.78 is 5.51. The lowest BCUT2D eigenvalue weighted by Gasteiger charge is -2.27. The first-order valence-corrected chi connectivity index (χ1v) is 5.88. The number of halogens is 1. The molecule has 0 saturated carbocycles. The smallest absolute Gasteiger partial charge is 0.224 e. The third-order valence-corrected chi connectivity index (χ3v) is 2.64. The standard InChI is InChI=1S/C11H22N2O2.ClH/c1-3-6-13(4-2)11(14)5-7-15-10-8-12-9-10;/h10,12H,3-9H2,1-2H3;1H. The zero-order chi connectivity index (χ0) is 11.1. The van der Waals surface area contributed by atoms with Crippen LogP contribution < -0.4 is 5.32 Å². The first-order chi connectivity index (χ1) is 7.27. The van der Waals surface area contributed by atoms with Gasteiger partial charge in [-0.1, -0.05) is 6.92 Å². The molecule has 0 bridgehead atoms. The van der Waals surface area contributed by atoms with Crippen molar-refractivity contribution in [2.24, 2.45) is 0 Å². The van der Waals surface area contributed by atoms with Crippen molar-refractivity contribution in [3.63, 3.8) is 0 Å². The van der Waals surface area contributed by atoms with Crippen LogP contribution in [0, 0.1) is 0 Å². The summed E-state index contributed by atoms with van der Waals surface area (Å²) >= 11 is 0. The quantitative estimate of drug-likeness (QED) is 0.734. The highest BCUT2D eigenvalue weighted by Crippen LogP contribution is 2.01. The maximum atomic E-state index is 11.7. The Kier molecular flexibility index (Phi) is 8.61. The molecule has 96 valence electrons. The number of rotatable bonds is 7. The van der Waals surface area contributed by atoms with E-state index in [0.717, 1.165) is 32.6 Å². The Balaban J connectivity index is 0.00000225. The number of hydrogen-bond donors (Lipinski definition) is 1. The number of carbonyl (C=O) groups excluding carboxylic acids is 1. The summed E-state index contributed by atoms with van der Waals surface area (Å²) in [6, 6.07) is 0. The Bertz CT molecular complexity index is 198. The Morgan fingerprint density at radius 1 is 1.44 bits per heavy atom. The topological polar surface area (TPSA) is 41.6 Å². The fourth-order valence-electron chi connectivity index (χ4n) is 1.58. The molecule has 1 aliphatic rings. The minimum absolute atomic E-state index is 0. The SMILES string of the molecule is CCCN(CC)C(=O)CCOC1CNC1.Cl. The van der Waals surface area contributed by atoms with Crippen LogP contribution in [-0.4, -0.2) is 49.7 Å². The predicted octanol–water partition coefficient (Wildman–Crippen LogP) is 1.05. The molecule has 0 aromatic carbocycles. The molecule has 1 N–H and O–H groups in total. The highest BCUT2D eigenvalue weighted by Gasteiger charge is 2.17. The van der Waals surface area contributed by atoms with Gasteiger partial charge in [0, 0.05) is 26.2 Å². The van der Waals surface area contributed by atoms with Crippen molar-refractivity contribution < 1.29 is 9.53 Å². The molecule has 1 saturated heterocycles. The number of nitrogens with zero attached hydrogens (tertiary/aromatic N) is 1. The van der Waals surface area contributed by atoms with E-state index in [9.17, 15) is 4.79 Å². The normalized spacial score (nSPS) is 15.1. The van der Waals surface area contributed by atoms with E-state index in [1.54, 1.807) is 0 Å². The van der Waals surface area contributed by atoms with E-state index in [1.165, 1.54) is 0 Å². The van der Waals surface area contributed by atoms with Crippen LogP contribution in [0.3, 0.4) is 0 Å². The molecule has 0 aliphatic carbocycles. The summed E-state index contributed by atoms with van der Waals surface area (Å²) in [4.78, 5) is 13.6. The average Bonchev–Trinajstić information content (AvgIpc) is 2.17. The van der Waals surface area contributed by atoms with Gasteiger partial charge in [0.05, 0.1) is 19.1 Å². The Labute approximate surface area is 104 Å². The molecule has 1 rings (SSSR count). The average molecular weight is 251 g/mol. The van der Waals surface area contributed by atoms with E-state index in [4.69, 9.17) is 4.74 Å². The second-order valence-corrected chi connectivity index (χ2v) is 3.87. The van der Waals surface area contributed by atoms with Crippen LogP contribution >= 0.6 is 12.4 Å². The van der Waals surface area contributed by atoms with Crippen LogP contribution in [0.1, 0.15) is 26.7 Å². The summed E-state index contributed by atoms with van der Waals surface area (Å²) in [6.45, 7) is 8.20. The fourth-order valence-corrected chi connectivity index (χ4v) is 1.58.